The van der Waals surface area contributed by atoms with Gasteiger partial charge in [-0.15, -0.1) is 0 Å². The number of nitrogens with zero attached hydrogens (tertiary/aromatic N) is 2. The second kappa shape index (κ2) is 8.63. The number of carbonyl (C=O) groups is 3. The van der Waals surface area contributed by atoms with E-state index in [1.165, 1.54) is 12.8 Å². The van der Waals surface area contributed by atoms with E-state index in [2.05, 4.69) is 16.7 Å². The van der Waals surface area contributed by atoms with Crippen molar-refractivity contribution in [1.29, 1.82) is 0 Å². The molecule has 0 saturated heterocycles. The number of hydrogen-bond acceptors (Lipinski definition) is 4. The summed E-state index contributed by atoms with van der Waals surface area (Å²) in [5.41, 5.74) is 5.00. The molecule has 7 heteroatoms. The molecule has 0 bridgehead atoms. The number of esters is 1. The zero-order valence-electron chi connectivity index (χ0n) is 17.3. The van der Waals surface area contributed by atoms with Crippen LogP contribution in [0.4, 0.5) is 0 Å². The van der Waals surface area contributed by atoms with Gasteiger partial charge in [0.15, 0.2) is 0 Å². The van der Waals surface area contributed by atoms with E-state index in [1.54, 1.807) is 17.0 Å². The highest BCUT2D eigenvalue weighted by Gasteiger charge is 2.26. The molecule has 1 aliphatic heterocycles. The molecule has 0 fully saturated rings. The molecule has 31 heavy (non-hydrogen) atoms. The molecule has 1 amide bonds. The molecule has 1 aliphatic rings. The van der Waals surface area contributed by atoms with Crippen LogP contribution in [0.5, 0.6) is 0 Å². The fourth-order valence-corrected chi connectivity index (χ4v) is 4.21. The Balaban J connectivity index is 1.62. The van der Waals surface area contributed by atoms with Gasteiger partial charge in [-0.2, -0.15) is 0 Å². The van der Waals surface area contributed by atoms with Gasteiger partial charge in [0.2, 0.25) is 5.91 Å². The van der Waals surface area contributed by atoms with Crippen molar-refractivity contribution in [1.82, 2.24) is 9.47 Å². The summed E-state index contributed by atoms with van der Waals surface area (Å²) in [5.74, 6) is -1.44. The lowest BCUT2D eigenvalue weighted by Crippen LogP contribution is -2.36. The highest BCUT2D eigenvalue weighted by Crippen LogP contribution is 2.32. The van der Waals surface area contributed by atoms with E-state index in [9.17, 15) is 14.4 Å². The van der Waals surface area contributed by atoms with Crippen molar-refractivity contribution >= 4 is 28.7 Å². The molecule has 2 aromatic carbocycles. The molecule has 0 unspecified atom stereocenters. The van der Waals surface area contributed by atoms with Crippen LogP contribution >= 0.6 is 0 Å². The standard InChI is InChI=1S/C24H24N2O5/c1-31-24(30)17-8-6-16(7-9-17)14-26-20-5-3-2-4-18(20)19-15-25(13-12-21(19)26)22(27)10-11-23(28)29/h2-9H,10-15H2,1H3,(H,28,29). The molecule has 0 aliphatic carbocycles. The molecule has 0 saturated carbocycles. The third-order valence-electron chi connectivity index (χ3n) is 5.78. The van der Waals surface area contributed by atoms with Crippen LogP contribution in [0, 0.1) is 0 Å². The SMILES string of the molecule is COC(=O)c1ccc(Cn2c3c(c4ccccc42)CN(C(=O)CCC(=O)O)CC3)cc1. The number of para-hydroxylation sites is 1. The second-order valence-electron chi connectivity index (χ2n) is 7.68. The Kier molecular flexibility index (Phi) is 5.75. The quantitative estimate of drug-likeness (QED) is 0.619. The summed E-state index contributed by atoms with van der Waals surface area (Å²) in [6, 6.07) is 15.5. The van der Waals surface area contributed by atoms with Crippen LogP contribution in [0.3, 0.4) is 0 Å². The maximum Gasteiger partial charge on any atom is 0.337 e. The van der Waals surface area contributed by atoms with Gasteiger partial charge in [-0.3, -0.25) is 9.59 Å². The number of carboxylic acids is 1. The summed E-state index contributed by atoms with van der Waals surface area (Å²) in [5, 5.41) is 9.98. The Morgan fingerprint density at radius 2 is 1.77 bits per heavy atom. The first-order valence-electron chi connectivity index (χ1n) is 10.2. The van der Waals surface area contributed by atoms with Crippen molar-refractivity contribution in [3.8, 4) is 0 Å². The van der Waals surface area contributed by atoms with Gasteiger partial charge < -0.3 is 19.3 Å². The zero-order chi connectivity index (χ0) is 22.0. The Labute approximate surface area is 179 Å². The van der Waals surface area contributed by atoms with E-state index >= 15 is 0 Å². The number of carboxylic acid groups (broad SMARTS) is 1. The van der Waals surface area contributed by atoms with Crippen LogP contribution in [-0.4, -0.2) is 46.1 Å². The van der Waals surface area contributed by atoms with Crippen molar-refractivity contribution in [3.63, 3.8) is 0 Å². The number of aromatic nitrogens is 1. The molecule has 4 rings (SSSR count). The molecule has 0 radical (unpaired) electrons. The van der Waals surface area contributed by atoms with Crippen molar-refractivity contribution in [2.75, 3.05) is 13.7 Å². The number of aliphatic carboxylic acids is 1. The van der Waals surface area contributed by atoms with Crippen molar-refractivity contribution < 1.29 is 24.2 Å². The molecule has 0 spiro atoms. The van der Waals surface area contributed by atoms with Crippen LogP contribution in [0.1, 0.15) is 40.0 Å². The van der Waals surface area contributed by atoms with Crippen molar-refractivity contribution in [2.45, 2.75) is 32.4 Å². The van der Waals surface area contributed by atoms with Crippen LogP contribution in [0.25, 0.3) is 10.9 Å². The molecule has 1 N–H and O–H groups in total. The minimum absolute atomic E-state index is 0.0237. The summed E-state index contributed by atoms with van der Waals surface area (Å²) in [6.07, 6.45) is 0.588. The lowest BCUT2D eigenvalue weighted by molar-refractivity contribution is -0.141. The molecule has 2 heterocycles. The highest BCUT2D eigenvalue weighted by atomic mass is 16.5. The smallest absolute Gasteiger partial charge is 0.337 e. The molecular formula is C24H24N2O5. The van der Waals surface area contributed by atoms with Gasteiger partial charge in [0, 0.05) is 54.6 Å². The van der Waals surface area contributed by atoms with Gasteiger partial charge in [-0.1, -0.05) is 30.3 Å². The first-order chi connectivity index (χ1) is 15.0. The topological polar surface area (TPSA) is 88.8 Å². The number of ether oxygens (including phenoxy) is 1. The number of rotatable bonds is 6. The minimum atomic E-state index is -0.958. The fourth-order valence-electron chi connectivity index (χ4n) is 4.21. The summed E-state index contributed by atoms with van der Waals surface area (Å²) in [6.45, 7) is 1.72. The number of carbonyl (C=O) groups excluding carboxylic acids is 2. The van der Waals surface area contributed by atoms with E-state index in [-0.39, 0.29) is 24.7 Å². The Bertz CT molecular complexity index is 1150. The van der Waals surface area contributed by atoms with Crippen molar-refractivity contribution in [2.24, 2.45) is 0 Å². The predicted octanol–water partition coefficient (Wildman–Crippen LogP) is 3.23. The van der Waals surface area contributed by atoms with Gasteiger partial charge in [0.1, 0.15) is 0 Å². The lowest BCUT2D eigenvalue weighted by Gasteiger charge is -2.28. The Morgan fingerprint density at radius 1 is 1.03 bits per heavy atom. The van der Waals surface area contributed by atoms with Crippen LogP contribution < -0.4 is 0 Å². The number of methoxy groups -OCH3 is 1. The summed E-state index contributed by atoms with van der Waals surface area (Å²) in [4.78, 5) is 36.7. The van der Waals surface area contributed by atoms with Crippen molar-refractivity contribution in [3.05, 3.63) is 70.9 Å². The van der Waals surface area contributed by atoms with Crippen LogP contribution in [0.2, 0.25) is 0 Å². The second-order valence-corrected chi connectivity index (χ2v) is 7.68. The van der Waals surface area contributed by atoms with E-state index in [1.807, 2.05) is 24.3 Å². The average molecular weight is 420 g/mol. The number of hydrogen-bond donors (Lipinski definition) is 1. The van der Waals surface area contributed by atoms with Gasteiger partial charge in [0.25, 0.3) is 0 Å². The first-order valence-corrected chi connectivity index (χ1v) is 10.2. The Hall–Kier alpha value is -3.61. The first kappa shape index (κ1) is 20.7. The van der Waals surface area contributed by atoms with Gasteiger partial charge in [0.05, 0.1) is 19.1 Å². The largest absolute Gasteiger partial charge is 0.481 e. The highest BCUT2D eigenvalue weighted by molar-refractivity contribution is 5.89. The van der Waals surface area contributed by atoms with E-state index < -0.39 is 5.97 Å². The maximum absolute atomic E-state index is 12.5. The van der Waals surface area contributed by atoms with Crippen LogP contribution in [-0.2, 0) is 33.8 Å². The summed E-state index contributed by atoms with van der Waals surface area (Å²) < 4.78 is 7.04. The third-order valence-corrected chi connectivity index (χ3v) is 5.78. The molecule has 7 nitrogen and oxygen atoms in total. The molecule has 3 aromatic rings. The number of benzene rings is 2. The monoisotopic (exact) mass is 420 g/mol. The predicted molar refractivity (Wildman–Crippen MR) is 115 cm³/mol. The average Bonchev–Trinajstić information content (AvgIpc) is 3.10. The maximum atomic E-state index is 12.5. The Morgan fingerprint density at radius 3 is 2.48 bits per heavy atom. The molecule has 1 aromatic heterocycles. The molecular weight excluding hydrogens is 396 g/mol. The lowest BCUT2D eigenvalue weighted by atomic mass is 10.0. The van der Waals surface area contributed by atoms with Crippen LogP contribution in [0.15, 0.2) is 48.5 Å². The van der Waals surface area contributed by atoms with Gasteiger partial charge in [-0.25, -0.2) is 4.79 Å². The van der Waals surface area contributed by atoms with E-state index in [4.69, 9.17) is 9.84 Å². The van der Waals surface area contributed by atoms with E-state index in [0.717, 1.165) is 22.0 Å². The van der Waals surface area contributed by atoms with Gasteiger partial charge >= 0.3 is 11.9 Å². The number of fused-ring (bicyclic) bond motifs is 3. The zero-order valence-corrected chi connectivity index (χ0v) is 17.3. The summed E-state index contributed by atoms with van der Waals surface area (Å²) >= 11 is 0. The minimum Gasteiger partial charge on any atom is -0.481 e. The molecule has 0 atom stereocenters. The third kappa shape index (κ3) is 4.17. The van der Waals surface area contributed by atoms with Gasteiger partial charge in [-0.05, 0) is 23.8 Å². The summed E-state index contributed by atoms with van der Waals surface area (Å²) in [7, 11) is 1.37. The fraction of sp³-hybridized carbons (Fsp3) is 0.292. The number of amides is 1. The molecule has 160 valence electrons. The normalized spacial score (nSPS) is 13.1. The van der Waals surface area contributed by atoms with E-state index in [0.29, 0.717) is 31.6 Å².